The van der Waals surface area contributed by atoms with Crippen molar-refractivity contribution < 1.29 is 19.2 Å². The number of rotatable bonds is 8. The van der Waals surface area contributed by atoms with Gasteiger partial charge < -0.3 is 14.8 Å². The van der Waals surface area contributed by atoms with Gasteiger partial charge in [-0.15, -0.1) is 0 Å². The van der Waals surface area contributed by atoms with E-state index in [-0.39, 0.29) is 18.2 Å². The van der Waals surface area contributed by atoms with Gasteiger partial charge in [-0.1, -0.05) is 6.07 Å². The van der Waals surface area contributed by atoms with Crippen molar-refractivity contribution in [1.82, 2.24) is 5.32 Å². The van der Waals surface area contributed by atoms with Gasteiger partial charge in [-0.25, -0.2) is 0 Å². The fraction of sp³-hybridized carbons (Fsp3) is 0.200. The van der Waals surface area contributed by atoms with Gasteiger partial charge in [-0.05, 0) is 48.4 Å². The van der Waals surface area contributed by atoms with Crippen LogP contribution in [-0.4, -0.2) is 31.1 Å². The van der Waals surface area contributed by atoms with E-state index in [1.165, 1.54) is 31.4 Å². The van der Waals surface area contributed by atoms with Crippen LogP contribution in [0.5, 0.6) is 11.5 Å². The van der Waals surface area contributed by atoms with E-state index in [1.807, 2.05) is 6.92 Å². The van der Waals surface area contributed by atoms with Gasteiger partial charge in [-0.2, -0.15) is 5.26 Å². The number of nitrogens with one attached hydrogen (secondary N) is 1. The lowest BCUT2D eigenvalue weighted by molar-refractivity contribution is -0.384. The largest absolute Gasteiger partial charge is 0.493 e. The summed E-state index contributed by atoms with van der Waals surface area (Å²) in [5.74, 6) is 0.581. The van der Waals surface area contributed by atoms with Gasteiger partial charge in [0.2, 0.25) is 0 Å². The molecule has 0 saturated heterocycles. The molecule has 0 unspecified atom stereocenters. The van der Waals surface area contributed by atoms with Crippen molar-refractivity contribution in [3.05, 3.63) is 63.7 Å². The summed E-state index contributed by atoms with van der Waals surface area (Å²) < 4.78 is 10.8. The molecule has 1 amide bonds. The number of methoxy groups -OCH3 is 1. The highest BCUT2D eigenvalue weighted by molar-refractivity contribution is 5.90. The molecular formula is C20H19N3O5. The van der Waals surface area contributed by atoms with Crippen LogP contribution in [0.2, 0.25) is 0 Å². The van der Waals surface area contributed by atoms with Crippen LogP contribution in [0, 0.1) is 21.4 Å². The Balaban J connectivity index is 2.24. The maximum atomic E-state index is 11.5. The van der Waals surface area contributed by atoms with Crippen molar-refractivity contribution in [2.45, 2.75) is 6.92 Å². The molecule has 1 N–H and O–H groups in total. The monoisotopic (exact) mass is 381 g/mol. The highest BCUT2D eigenvalue weighted by atomic mass is 16.6. The number of carbonyl (C=O) groups is 1. The van der Waals surface area contributed by atoms with Gasteiger partial charge in [0.15, 0.2) is 18.1 Å². The number of ether oxygens (including phenoxy) is 2. The normalized spacial score (nSPS) is 10.7. The summed E-state index contributed by atoms with van der Waals surface area (Å²) in [5.41, 5.74) is 1.53. The Morgan fingerprint density at radius 3 is 2.54 bits per heavy atom. The van der Waals surface area contributed by atoms with Crippen LogP contribution in [-0.2, 0) is 4.79 Å². The number of likely N-dealkylation sites (N-methyl/N-ethyl adjacent to an activating group) is 1. The maximum absolute atomic E-state index is 11.5. The van der Waals surface area contributed by atoms with Crippen LogP contribution in [0.3, 0.4) is 0 Å². The SMILES string of the molecule is CCNC(=O)COc1ccc(/C=C(\C#N)c2ccc([N+](=O)[O-])cc2)cc1OC. The first-order valence-electron chi connectivity index (χ1n) is 8.42. The molecule has 8 nitrogen and oxygen atoms in total. The summed E-state index contributed by atoms with van der Waals surface area (Å²) in [4.78, 5) is 21.8. The number of nitro benzene ring substituents is 1. The second-order valence-corrected chi connectivity index (χ2v) is 5.63. The van der Waals surface area contributed by atoms with Crippen LogP contribution in [0.1, 0.15) is 18.1 Å². The zero-order valence-electron chi connectivity index (χ0n) is 15.5. The Labute approximate surface area is 162 Å². The number of benzene rings is 2. The van der Waals surface area contributed by atoms with E-state index >= 15 is 0 Å². The second-order valence-electron chi connectivity index (χ2n) is 5.63. The number of nitrogens with zero attached hydrogens (tertiary/aromatic N) is 2. The van der Waals surface area contributed by atoms with Crippen molar-refractivity contribution in [2.24, 2.45) is 0 Å². The molecule has 0 atom stereocenters. The van der Waals surface area contributed by atoms with Gasteiger partial charge in [0.1, 0.15) is 0 Å². The summed E-state index contributed by atoms with van der Waals surface area (Å²) in [5, 5.41) is 22.8. The predicted octanol–water partition coefficient (Wildman–Crippen LogP) is 3.18. The zero-order chi connectivity index (χ0) is 20.5. The van der Waals surface area contributed by atoms with Gasteiger partial charge in [0, 0.05) is 18.7 Å². The minimum absolute atomic E-state index is 0.0451. The predicted molar refractivity (Wildman–Crippen MR) is 104 cm³/mol. The van der Waals surface area contributed by atoms with E-state index in [0.29, 0.717) is 34.7 Å². The molecule has 0 bridgehead atoms. The minimum Gasteiger partial charge on any atom is -0.493 e. The number of non-ortho nitro benzene ring substituents is 1. The van der Waals surface area contributed by atoms with Crippen LogP contribution in [0.25, 0.3) is 11.6 Å². The Morgan fingerprint density at radius 1 is 1.25 bits per heavy atom. The Bertz CT molecular complexity index is 930. The summed E-state index contributed by atoms with van der Waals surface area (Å²) in [7, 11) is 1.48. The fourth-order valence-corrected chi connectivity index (χ4v) is 2.39. The fourth-order valence-electron chi connectivity index (χ4n) is 2.39. The molecule has 0 heterocycles. The second kappa shape index (κ2) is 9.73. The average Bonchev–Trinajstić information content (AvgIpc) is 2.71. The molecule has 0 aliphatic heterocycles. The van der Waals surface area contributed by atoms with Gasteiger partial charge in [0.05, 0.1) is 23.7 Å². The quantitative estimate of drug-likeness (QED) is 0.325. The molecule has 0 saturated carbocycles. The number of hydrogen-bond acceptors (Lipinski definition) is 6. The zero-order valence-corrected chi connectivity index (χ0v) is 15.5. The molecule has 144 valence electrons. The van der Waals surface area contributed by atoms with E-state index in [2.05, 4.69) is 11.4 Å². The summed E-state index contributed by atoms with van der Waals surface area (Å²) in [6.07, 6.45) is 1.64. The Hall–Kier alpha value is -3.86. The molecule has 0 radical (unpaired) electrons. The van der Waals surface area contributed by atoms with Crippen LogP contribution < -0.4 is 14.8 Å². The van der Waals surface area contributed by atoms with E-state index in [0.717, 1.165) is 0 Å². The molecule has 2 aromatic carbocycles. The van der Waals surface area contributed by atoms with Gasteiger partial charge in [0.25, 0.3) is 11.6 Å². The molecule has 0 aromatic heterocycles. The average molecular weight is 381 g/mol. The standard InChI is InChI=1S/C20H19N3O5/c1-3-22-20(24)13-28-18-9-4-14(11-19(18)27-2)10-16(12-21)15-5-7-17(8-6-15)23(25)26/h4-11H,3,13H2,1-2H3,(H,22,24)/b16-10+. The smallest absolute Gasteiger partial charge is 0.269 e. The third-order valence-electron chi connectivity index (χ3n) is 3.74. The summed E-state index contributed by atoms with van der Waals surface area (Å²) in [6, 6.07) is 12.9. The van der Waals surface area contributed by atoms with E-state index in [4.69, 9.17) is 9.47 Å². The molecule has 2 aromatic rings. The third-order valence-corrected chi connectivity index (χ3v) is 3.74. The molecular weight excluding hydrogens is 362 g/mol. The minimum atomic E-state index is -0.496. The summed E-state index contributed by atoms with van der Waals surface area (Å²) in [6.45, 7) is 2.20. The highest BCUT2D eigenvalue weighted by Crippen LogP contribution is 2.30. The number of nitro groups is 1. The van der Waals surface area contributed by atoms with Crippen molar-refractivity contribution in [3.63, 3.8) is 0 Å². The molecule has 0 fully saturated rings. The molecule has 2 rings (SSSR count). The highest BCUT2D eigenvalue weighted by Gasteiger charge is 2.10. The van der Waals surface area contributed by atoms with Crippen LogP contribution in [0.15, 0.2) is 42.5 Å². The Kier molecular flexibility index (Phi) is 7.11. The first-order chi connectivity index (χ1) is 13.5. The number of allylic oxidation sites excluding steroid dienone is 1. The van der Waals surface area contributed by atoms with Crippen molar-refractivity contribution in [2.75, 3.05) is 20.3 Å². The van der Waals surface area contributed by atoms with Crippen LogP contribution in [0.4, 0.5) is 5.69 Å². The molecule has 28 heavy (non-hydrogen) atoms. The van der Waals surface area contributed by atoms with Gasteiger partial charge >= 0.3 is 0 Å². The van der Waals surface area contributed by atoms with Crippen molar-refractivity contribution in [1.29, 1.82) is 5.26 Å². The molecule has 0 spiro atoms. The van der Waals surface area contributed by atoms with E-state index in [9.17, 15) is 20.2 Å². The van der Waals surface area contributed by atoms with Gasteiger partial charge in [-0.3, -0.25) is 14.9 Å². The first-order valence-corrected chi connectivity index (χ1v) is 8.42. The number of nitriles is 1. The lowest BCUT2D eigenvalue weighted by Crippen LogP contribution is -2.28. The first kappa shape index (κ1) is 20.5. The maximum Gasteiger partial charge on any atom is 0.269 e. The molecule has 8 heteroatoms. The van der Waals surface area contributed by atoms with Crippen molar-refractivity contribution in [3.8, 4) is 17.6 Å². The van der Waals surface area contributed by atoms with Crippen molar-refractivity contribution >= 4 is 23.2 Å². The number of carbonyl (C=O) groups excluding carboxylic acids is 1. The summed E-state index contributed by atoms with van der Waals surface area (Å²) >= 11 is 0. The topological polar surface area (TPSA) is 114 Å². The van der Waals surface area contributed by atoms with E-state index < -0.39 is 4.92 Å². The molecule has 0 aliphatic carbocycles. The van der Waals surface area contributed by atoms with Crippen LogP contribution >= 0.6 is 0 Å². The lowest BCUT2D eigenvalue weighted by atomic mass is 10.0. The Morgan fingerprint density at radius 2 is 1.96 bits per heavy atom. The molecule has 0 aliphatic rings. The van der Waals surface area contributed by atoms with E-state index in [1.54, 1.807) is 24.3 Å². The number of hydrogen-bond donors (Lipinski definition) is 1. The lowest BCUT2D eigenvalue weighted by Gasteiger charge is -2.11. The number of amides is 1. The third kappa shape index (κ3) is 5.32.